The van der Waals surface area contributed by atoms with Crippen LogP contribution >= 0.6 is 0 Å². The third-order valence-electron chi connectivity index (χ3n) is 6.34. The summed E-state index contributed by atoms with van der Waals surface area (Å²) in [5, 5.41) is 10.0. The van der Waals surface area contributed by atoms with Crippen molar-refractivity contribution >= 4 is 17.6 Å². The van der Waals surface area contributed by atoms with Gasteiger partial charge in [-0.3, -0.25) is 14.3 Å². The van der Waals surface area contributed by atoms with Crippen LogP contribution in [0.15, 0.2) is 42.7 Å². The standard InChI is InChI=1S/C26H31F2N7O2/c1-16(29)26(37)35-10-4-7-20(35)14-31-25(36)21-12-22(28)23(18-13-32-34(2)15-18)33-24(21)30-9-8-17-5-3-6-19(27)11-17/h3,5-6,11-13,15-16,20H,4,7-10,14,29H2,1-2H3,(H,30,33)(H,31,36)/t16-,20+/m0/s1. The number of rotatable bonds is 9. The Labute approximate surface area is 214 Å². The number of hydrogen-bond acceptors (Lipinski definition) is 6. The molecule has 37 heavy (non-hydrogen) atoms. The maximum atomic E-state index is 15.1. The minimum absolute atomic E-state index is 0.0347. The first kappa shape index (κ1) is 26.2. The van der Waals surface area contributed by atoms with E-state index < -0.39 is 17.8 Å². The molecule has 2 aromatic heterocycles. The van der Waals surface area contributed by atoms with Crippen LogP contribution in [0.2, 0.25) is 0 Å². The first-order valence-electron chi connectivity index (χ1n) is 12.2. The van der Waals surface area contributed by atoms with E-state index in [1.54, 1.807) is 37.2 Å². The number of halogens is 2. The molecule has 1 saturated heterocycles. The molecule has 1 aromatic carbocycles. The Morgan fingerprint density at radius 1 is 1.27 bits per heavy atom. The number of nitrogens with one attached hydrogen (secondary N) is 2. The number of nitrogens with zero attached hydrogens (tertiary/aromatic N) is 4. The fraction of sp³-hybridized carbons (Fsp3) is 0.385. The lowest BCUT2D eigenvalue weighted by Crippen LogP contribution is -2.48. The summed E-state index contributed by atoms with van der Waals surface area (Å²) in [5.74, 6) is -1.48. The van der Waals surface area contributed by atoms with Crippen molar-refractivity contribution in [2.75, 3.05) is 25.0 Å². The van der Waals surface area contributed by atoms with Crippen molar-refractivity contribution in [2.45, 2.75) is 38.3 Å². The van der Waals surface area contributed by atoms with Gasteiger partial charge in [-0.15, -0.1) is 0 Å². The zero-order chi connectivity index (χ0) is 26.5. The van der Waals surface area contributed by atoms with Crippen LogP contribution in [0, 0.1) is 11.6 Å². The van der Waals surface area contributed by atoms with Gasteiger partial charge < -0.3 is 21.3 Å². The lowest BCUT2D eigenvalue weighted by Gasteiger charge is -2.26. The van der Waals surface area contributed by atoms with Gasteiger partial charge in [0.15, 0.2) is 5.82 Å². The zero-order valence-corrected chi connectivity index (χ0v) is 20.9. The summed E-state index contributed by atoms with van der Waals surface area (Å²) in [6.45, 7) is 2.78. The van der Waals surface area contributed by atoms with E-state index in [-0.39, 0.29) is 41.4 Å². The monoisotopic (exact) mass is 511 g/mol. The van der Waals surface area contributed by atoms with Gasteiger partial charge >= 0.3 is 0 Å². The third kappa shape index (κ3) is 6.29. The van der Waals surface area contributed by atoms with Gasteiger partial charge in [0, 0.05) is 44.5 Å². The summed E-state index contributed by atoms with van der Waals surface area (Å²) < 4.78 is 30.2. The molecule has 0 unspecified atom stereocenters. The Bertz CT molecular complexity index is 1280. The Morgan fingerprint density at radius 3 is 2.78 bits per heavy atom. The summed E-state index contributed by atoms with van der Waals surface area (Å²) >= 11 is 0. The number of amides is 2. The number of aryl methyl sites for hydroxylation is 1. The first-order valence-corrected chi connectivity index (χ1v) is 12.2. The molecule has 11 heteroatoms. The molecule has 1 aliphatic rings. The van der Waals surface area contributed by atoms with Crippen LogP contribution in [-0.4, -0.2) is 63.2 Å². The number of likely N-dealkylation sites (tertiary alicyclic amines) is 1. The summed E-state index contributed by atoms with van der Waals surface area (Å²) in [6, 6.07) is 6.58. The topological polar surface area (TPSA) is 118 Å². The summed E-state index contributed by atoms with van der Waals surface area (Å²) in [5.41, 5.74) is 7.09. The van der Waals surface area contributed by atoms with Gasteiger partial charge in [-0.25, -0.2) is 13.8 Å². The van der Waals surface area contributed by atoms with E-state index in [2.05, 4.69) is 20.7 Å². The molecular weight excluding hydrogens is 480 g/mol. The van der Waals surface area contributed by atoms with Gasteiger partial charge in [0.1, 0.15) is 17.3 Å². The van der Waals surface area contributed by atoms with Crippen LogP contribution in [0.1, 0.15) is 35.7 Å². The Morgan fingerprint density at radius 2 is 2.08 bits per heavy atom. The number of pyridine rings is 1. The molecule has 0 aliphatic carbocycles. The van der Waals surface area contributed by atoms with E-state index >= 15 is 4.39 Å². The highest BCUT2D eigenvalue weighted by Crippen LogP contribution is 2.26. The van der Waals surface area contributed by atoms with Crippen LogP contribution in [-0.2, 0) is 18.3 Å². The summed E-state index contributed by atoms with van der Waals surface area (Å²) in [4.78, 5) is 31.7. The number of hydrogen-bond donors (Lipinski definition) is 3. The highest BCUT2D eigenvalue weighted by atomic mass is 19.1. The molecule has 0 radical (unpaired) electrons. The molecule has 0 spiro atoms. The van der Waals surface area contributed by atoms with Crippen LogP contribution in [0.25, 0.3) is 11.3 Å². The van der Waals surface area contributed by atoms with Gasteiger partial charge in [-0.2, -0.15) is 5.10 Å². The van der Waals surface area contributed by atoms with E-state index in [0.29, 0.717) is 25.1 Å². The fourth-order valence-corrected chi connectivity index (χ4v) is 4.47. The van der Waals surface area contributed by atoms with Crippen molar-refractivity contribution in [3.05, 3.63) is 65.5 Å². The van der Waals surface area contributed by atoms with Gasteiger partial charge in [0.05, 0.1) is 17.8 Å². The number of carbonyl (C=O) groups excluding carboxylic acids is 2. The van der Waals surface area contributed by atoms with Crippen LogP contribution in [0.3, 0.4) is 0 Å². The maximum absolute atomic E-state index is 15.1. The molecule has 2 amide bonds. The van der Waals surface area contributed by atoms with E-state index in [0.717, 1.165) is 24.5 Å². The summed E-state index contributed by atoms with van der Waals surface area (Å²) in [7, 11) is 1.71. The second-order valence-corrected chi connectivity index (χ2v) is 9.25. The molecule has 4 rings (SSSR count). The van der Waals surface area contributed by atoms with Crippen molar-refractivity contribution in [2.24, 2.45) is 12.8 Å². The normalized spacial score (nSPS) is 16.0. The third-order valence-corrected chi connectivity index (χ3v) is 6.34. The predicted molar refractivity (Wildman–Crippen MR) is 136 cm³/mol. The molecule has 4 N–H and O–H groups in total. The minimum atomic E-state index is -0.663. The van der Waals surface area contributed by atoms with Crippen molar-refractivity contribution in [3.63, 3.8) is 0 Å². The lowest BCUT2D eigenvalue weighted by molar-refractivity contribution is -0.132. The minimum Gasteiger partial charge on any atom is -0.369 e. The molecule has 2 atom stereocenters. The second kappa shape index (κ2) is 11.5. The molecule has 1 aliphatic heterocycles. The predicted octanol–water partition coefficient (Wildman–Crippen LogP) is 2.48. The Balaban J connectivity index is 1.53. The van der Waals surface area contributed by atoms with Gasteiger partial charge in [0.2, 0.25) is 5.91 Å². The molecule has 1 fully saturated rings. The fourth-order valence-electron chi connectivity index (χ4n) is 4.47. The van der Waals surface area contributed by atoms with Gasteiger partial charge in [-0.1, -0.05) is 12.1 Å². The molecule has 0 saturated carbocycles. The average Bonchev–Trinajstić information content (AvgIpc) is 3.51. The smallest absolute Gasteiger partial charge is 0.255 e. The van der Waals surface area contributed by atoms with E-state index in [4.69, 9.17) is 5.73 Å². The number of aromatic nitrogens is 3. The molecule has 3 heterocycles. The van der Waals surface area contributed by atoms with Crippen molar-refractivity contribution in [1.82, 2.24) is 25.0 Å². The largest absolute Gasteiger partial charge is 0.369 e. The van der Waals surface area contributed by atoms with Gasteiger partial charge in [0.25, 0.3) is 5.91 Å². The van der Waals surface area contributed by atoms with Crippen molar-refractivity contribution in [1.29, 1.82) is 0 Å². The molecule has 196 valence electrons. The highest BCUT2D eigenvalue weighted by molar-refractivity contribution is 5.99. The van der Waals surface area contributed by atoms with Crippen molar-refractivity contribution in [3.8, 4) is 11.3 Å². The SMILES string of the molecule is C[C@H](N)C(=O)N1CCC[C@@H]1CNC(=O)c1cc(F)c(-c2cnn(C)c2)nc1NCCc1cccc(F)c1. The van der Waals surface area contributed by atoms with Gasteiger partial charge in [-0.05, 0) is 49.9 Å². The van der Waals surface area contributed by atoms with Crippen LogP contribution < -0.4 is 16.4 Å². The number of anilines is 1. The van der Waals surface area contributed by atoms with E-state index in [1.807, 2.05) is 0 Å². The quantitative estimate of drug-likeness (QED) is 0.406. The summed E-state index contributed by atoms with van der Waals surface area (Å²) in [6.07, 6.45) is 5.15. The molecule has 0 bridgehead atoms. The molecule has 9 nitrogen and oxygen atoms in total. The Kier molecular flexibility index (Phi) is 8.12. The lowest BCUT2D eigenvalue weighted by atomic mass is 10.1. The van der Waals surface area contributed by atoms with Crippen LogP contribution in [0.5, 0.6) is 0 Å². The second-order valence-electron chi connectivity index (χ2n) is 9.25. The number of nitrogens with two attached hydrogens (primary N) is 1. The zero-order valence-electron chi connectivity index (χ0n) is 20.9. The molecular formula is C26H31F2N7O2. The van der Waals surface area contributed by atoms with E-state index in [1.165, 1.54) is 23.0 Å². The molecule has 3 aromatic rings. The maximum Gasteiger partial charge on any atom is 0.255 e. The average molecular weight is 512 g/mol. The Hall–Kier alpha value is -3.86. The first-order chi connectivity index (χ1) is 17.7. The van der Waals surface area contributed by atoms with Crippen LogP contribution in [0.4, 0.5) is 14.6 Å². The number of benzene rings is 1. The van der Waals surface area contributed by atoms with E-state index in [9.17, 15) is 14.0 Å². The highest BCUT2D eigenvalue weighted by Gasteiger charge is 2.31. The van der Waals surface area contributed by atoms with Crippen molar-refractivity contribution < 1.29 is 18.4 Å². The number of carbonyl (C=O) groups is 2.